The number of ether oxygens (including phenoxy) is 1. The van der Waals surface area contributed by atoms with Crippen LogP contribution in [0.1, 0.15) is 45.1 Å². The van der Waals surface area contributed by atoms with Gasteiger partial charge in [-0.15, -0.1) is 0 Å². The molecule has 1 N–H and O–H groups in total. The van der Waals surface area contributed by atoms with Crippen LogP contribution < -0.4 is 10.1 Å². The van der Waals surface area contributed by atoms with E-state index in [9.17, 15) is 0 Å². The van der Waals surface area contributed by atoms with Crippen molar-refractivity contribution < 1.29 is 9.15 Å². The van der Waals surface area contributed by atoms with E-state index in [0.29, 0.717) is 5.84 Å². The second-order valence-electron chi connectivity index (χ2n) is 16.5. The van der Waals surface area contributed by atoms with Crippen LogP contribution in [0.4, 0.5) is 0 Å². The van der Waals surface area contributed by atoms with Crippen LogP contribution in [-0.4, -0.2) is 11.7 Å². The summed E-state index contributed by atoms with van der Waals surface area (Å²) in [6, 6.07) is 74.8. The van der Waals surface area contributed by atoms with E-state index in [1.807, 2.05) is 6.07 Å². The summed E-state index contributed by atoms with van der Waals surface area (Å²) in [4.78, 5) is 10.6. The number of nitrogens with zero attached hydrogens (tertiary/aromatic N) is 2. The Bertz CT molecular complexity index is 3480. The van der Waals surface area contributed by atoms with Crippen molar-refractivity contribution in [1.29, 1.82) is 0 Å². The Balaban J connectivity index is 0.976. The first-order valence-electron chi connectivity index (χ1n) is 21.4. The van der Waals surface area contributed by atoms with E-state index in [4.69, 9.17) is 19.1 Å². The van der Waals surface area contributed by atoms with Gasteiger partial charge in [0.25, 0.3) is 0 Å². The third-order valence-corrected chi connectivity index (χ3v) is 13.0. The molecule has 3 heterocycles. The van der Waals surface area contributed by atoms with Crippen LogP contribution in [0.15, 0.2) is 227 Å². The first kappa shape index (κ1) is 35.5. The second kappa shape index (κ2) is 13.9. The Kier molecular flexibility index (Phi) is 7.81. The van der Waals surface area contributed by atoms with Gasteiger partial charge in [0.1, 0.15) is 34.7 Å². The van der Waals surface area contributed by atoms with Crippen molar-refractivity contribution >= 4 is 33.6 Å². The quantitative estimate of drug-likeness (QED) is 0.188. The molecule has 1 unspecified atom stereocenters. The standard InChI is InChI=1S/C58H37N3O2/c1-3-15-36(16-4-1)38-19-13-20-39(33-38)40-21-14-22-41(34-40)56-59-55(37-17-5-2-6-18-37)60-57(61-56)42-29-31-49-44(35-42)54-52(62-49)32-30-48-53(54)43-23-7-8-24-45(43)58(48)46-25-9-11-27-50(46)63-51-28-12-10-26-47(51)58/h1-35,55H,(H,59,60,61). The molecule has 296 valence electrons. The molecule has 3 aliphatic rings. The van der Waals surface area contributed by atoms with Crippen LogP contribution in [0.5, 0.6) is 11.5 Å². The van der Waals surface area contributed by atoms with Crippen molar-refractivity contribution in [3.8, 4) is 44.9 Å². The number of nitrogens with one attached hydrogen (secondary N) is 1. The maximum Gasteiger partial charge on any atom is 0.159 e. The van der Waals surface area contributed by atoms with E-state index in [-0.39, 0.29) is 6.17 Å². The molecule has 0 saturated carbocycles. The van der Waals surface area contributed by atoms with Gasteiger partial charge >= 0.3 is 0 Å². The SMILES string of the molecule is c1ccc(-c2cccc(-c3cccc(C4=NC(c5ccccc5)NC(c5ccc6oc7ccc8c(c7c6c5)-c5ccccc5C85c6ccccc6Oc6ccccc65)=N4)c3)c2)cc1. The number of hydrogen-bond donors (Lipinski definition) is 1. The smallest absolute Gasteiger partial charge is 0.159 e. The van der Waals surface area contributed by atoms with E-state index < -0.39 is 5.41 Å². The van der Waals surface area contributed by atoms with Gasteiger partial charge in [0, 0.05) is 33.0 Å². The molecule has 1 aliphatic carbocycles. The fourth-order valence-corrected chi connectivity index (χ4v) is 10.2. The molecule has 63 heavy (non-hydrogen) atoms. The predicted octanol–water partition coefficient (Wildman–Crippen LogP) is 13.9. The summed E-state index contributed by atoms with van der Waals surface area (Å²) >= 11 is 0. The van der Waals surface area contributed by atoms with Gasteiger partial charge in [-0.05, 0) is 98.6 Å². The molecule has 13 rings (SSSR count). The van der Waals surface area contributed by atoms with Gasteiger partial charge in [-0.3, -0.25) is 0 Å². The first-order valence-corrected chi connectivity index (χ1v) is 21.4. The molecule has 0 fully saturated rings. The average molecular weight is 808 g/mol. The van der Waals surface area contributed by atoms with Crippen LogP contribution in [0, 0.1) is 0 Å². The Hall–Kier alpha value is -8.28. The minimum atomic E-state index is -0.576. The summed E-state index contributed by atoms with van der Waals surface area (Å²) < 4.78 is 13.3. The van der Waals surface area contributed by atoms with Gasteiger partial charge in [-0.1, -0.05) is 164 Å². The summed E-state index contributed by atoms with van der Waals surface area (Å²) in [6.45, 7) is 0. The van der Waals surface area contributed by atoms with Crippen molar-refractivity contribution in [2.45, 2.75) is 11.6 Å². The molecule has 2 aliphatic heterocycles. The Morgan fingerprint density at radius 3 is 1.78 bits per heavy atom. The summed E-state index contributed by atoms with van der Waals surface area (Å²) in [5.41, 5.74) is 15.7. The predicted molar refractivity (Wildman–Crippen MR) is 254 cm³/mol. The lowest BCUT2D eigenvalue weighted by molar-refractivity contribution is 0.436. The highest BCUT2D eigenvalue weighted by Gasteiger charge is 2.51. The van der Waals surface area contributed by atoms with Crippen molar-refractivity contribution in [2.75, 3.05) is 0 Å². The van der Waals surface area contributed by atoms with Gasteiger partial charge in [-0.2, -0.15) is 0 Å². The molecule has 0 saturated heterocycles. The van der Waals surface area contributed by atoms with Crippen LogP contribution >= 0.6 is 0 Å². The summed E-state index contributed by atoms with van der Waals surface area (Å²) in [5, 5.41) is 5.84. The zero-order valence-corrected chi connectivity index (χ0v) is 34.0. The lowest BCUT2D eigenvalue weighted by atomic mass is 9.66. The molecule has 1 spiro atoms. The van der Waals surface area contributed by atoms with Gasteiger partial charge < -0.3 is 14.5 Å². The van der Waals surface area contributed by atoms with E-state index in [0.717, 1.165) is 78.2 Å². The van der Waals surface area contributed by atoms with Crippen molar-refractivity contribution in [2.24, 2.45) is 9.98 Å². The van der Waals surface area contributed by atoms with Crippen LogP contribution in [0.3, 0.4) is 0 Å². The summed E-state index contributed by atoms with van der Waals surface area (Å²) in [7, 11) is 0. The summed E-state index contributed by atoms with van der Waals surface area (Å²) in [6.07, 6.45) is -0.347. The number of para-hydroxylation sites is 2. The minimum Gasteiger partial charge on any atom is -0.457 e. The van der Waals surface area contributed by atoms with Crippen LogP contribution in [0.25, 0.3) is 55.3 Å². The van der Waals surface area contributed by atoms with Crippen LogP contribution in [0.2, 0.25) is 0 Å². The maximum atomic E-state index is 6.71. The number of fused-ring (bicyclic) bond motifs is 13. The highest BCUT2D eigenvalue weighted by molar-refractivity contribution is 6.19. The summed E-state index contributed by atoms with van der Waals surface area (Å²) in [5.74, 6) is 3.16. The minimum absolute atomic E-state index is 0.347. The fraction of sp³-hybridized carbons (Fsp3) is 0.0345. The molecular formula is C58H37N3O2. The van der Waals surface area contributed by atoms with Gasteiger partial charge in [0.2, 0.25) is 0 Å². The third kappa shape index (κ3) is 5.43. The number of rotatable bonds is 5. The van der Waals surface area contributed by atoms with Crippen molar-refractivity contribution in [1.82, 2.24) is 5.32 Å². The zero-order chi connectivity index (χ0) is 41.5. The van der Waals surface area contributed by atoms with E-state index in [1.165, 1.54) is 33.4 Å². The third-order valence-electron chi connectivity index (χ3n) is 13.0. The molecule has 0 bridgehead atoms. The lowest BCUT2D eigenvalue weighted by Crippen LogP contribution is -2.33. The number of aliphatic imine (C=N–C) groups is 2. The topological polar surface area (TPSA) is 59.1 Å². The van der Waals surface area contributed by atoms with Gasteiger partial charge in [0.05, 0.1) is 5.41 Å². The molecule has 0 amide bonds. The fourth-order valence-electron chi connectivity index (χ4n) is 10.2. The zero-order valence-electron chi connectivity index (χ0n) is 34.0. The second-order valence-corrected chi connectivity index (χ2v) is 16.5. The monoisotopic (exact) mass is 807 g/mol. The van der Waals surface area contributed by atoms with E-state index >= 15 is 0 Å². The maximum absolute atomic E-state index is 6.71. The number of amidine groups is 2. The number of hydrogen-bond acceptors (Lipinski definition) is 5. The Labute approximate surface area is 364 Å². The van der Waals surface area contributed by atoms with Crippen LogP contribution in [-0.2, 0) is 5.41 Å². The average Bonchev–Trinajstić information content (AvgIpc) is 3.88. The molecule has 5 nitrogen and oxygen atoms in total. The molecule has 5 heteroatoms. The first-order chi connectivity index (χ1) is 31.2. The van der Waals surface area contributed by atoms with E-state index in [1.54, 1.807) is 0 Å². The molecular weight excluding hydrogens is 771 g/mol. The lowest BCUT2D eigenvalue weighted by Gasteiger charge is -2.39. The highest BCUT2D eigenvalue weighted by atomic mass is 16.5. The largest absolute Gasteiger partial charge is 0.457 e. The highest BCUT2D eigenvalue weighted by Crippen LogP contribution is 2.63. The van der Waals surface area contributed by atoms with Crippen molar-refractivity contribution in [3.63, 3.8) is 0 Å². The number of benzene rings is 9. The van der Waals surface area contributed by atoms with Crippen molar-refractivity contribution in [3.05, 3.63) is 251 Å². The van der Waals surface area contributed by atoms with Gasteiger partial charge in [0.15, 0.2) is 5.84 Å². The molecule has 1 atom stereocenters. The van der Waals surface area contributed by atoms with Gasteiger partial charge in [-0.25, -0.2) is 9.98 Å². The molecule has 0 radical (unpaired) electrons. The Morgan fingerprint density at radius 2 is 1.03 bits per heavy atom. The normalized spacial score (nSPS) is 15.4. The Morgan fingerprint density at radius 1 is 0.444 bits per heavy atom. The molecule has 9 aromatic carbocycles. The molecule has 10 aromatic rings. The van der Waals surface area contributed by atoms with E-state index in [2.05, 4.69) is 212 Å². The molecule has 1 aromatic heterocycles. The number of furan rings is 1.